The summed E-state index contributed by atoms with van der Waals surface area (Å²) in [7, 11) is 0. The van der Waals surface area contributed by atoms with Crippen LogP contribution < -0.4 is 0 Å². The van der Waals surface area contributed by atoms with Gasteiger partial charge >= 0.3 is 92.9 Å². The van der Waals surface area contributed by atoms with Crippen molar-refractivity contribution in [1.29, 1.82) is 0 Å². The number of unbranched alkanes of at least 4 members (excludes halogenated alkanes) is 2. The predicted octanol–water partition coefficient (Wildman–Crippen LogP) is 1.47. The summed E-state index contributed by atoms with van der Waals surface area (Å²) >= 11 is 0. The van der Waals surface area contributed by atoms with Crippen LogP contribution in [0, 0.1) is 10.8 Å². The number of carboxylic acids is 2. The molecule has 0 saturated heterocycles. The summed E-state index contributed by atoms with van der Waals surface area (Å²) in [5, 5.41) is 18.5. The predicted molar refractivity (Wildman–Crippen MR) is 75.6 cm³/mol. The van der Waals surface area contributed by atoms with Crippen LogP contribution in [0.2, 0.25) is 0 Å². The molecule has 0 aromatic rings. The summed E-state index contributed by atoms with van der Waals surface area (Å²) in [6, 6.07) is 0. The zero-order chi connectivity index (χ0) is 13.0. The molecule has 0 aliphatic heterocycles. The molecule has 0 fully saturated rings. The Bertz CT molecular complexity index is 260. The molecule has 0 radical (unpaired) electrons. The number of carbonyl (C=O) groups is 2. The van der Waals surface area contributed by atoms with Gasteiger partial charge in [0.2, 0.25) is 0 Å². The molecule has 0 aliphatic carbocycles. The zero-order valence-electron chi connectivity index (χ0n) is 10.5. The molecule has 2 N–H and O–H groups in total. The molecule has 0 rings (SSSR count). The SMILES string of the molecule is CCCCCC(C(=O)O)(C(=O)O)C(C)(C)C.[KH].[NaH]. The Morgan fingerprint density at radius 3 is 1.61 bits per heavy atom. The average molecular weight is 294 g/mol. The Kier molecular flexibility index (Phi) is 14.1. The van der Waals surface area contributed by atoms with Gasteiger partial charge in [0.1, 0.15) is 0 Å². The Hall–Kier alpha value is 1.58. The molecule has 0 heterocycles. The van der Waals surface area contributed by atoms with E-state index < -0.39 is 22.8 Å². The standard InChI is InChI=1S/C12H22O4.K.Na.2H/c1-5-6-7-8-12(9(13)14,10(15)16)11(2,3)4;;;;/h5-8H2,1-4H3,(H,13,14)(H,15,16);;;;. The maximum atomic E-state index is 11.3. The minimum atomic E-state index is -1.68. The molecule has 0 saturated carbocycles. The summed E-state index contributed by atoms with van der Waals surface area (Å²) in [6.07, 6.45) is 2.62. The first kappa shape index (κ1) is 24.6. The molecule has 6 heteroatoms. The van der Waals surface area contributed by atoms with E-state index in [2.05, 4.69) is 0 Å². The van der Waals surface area contributed by atoms with E-state index in [9.17, 15) is 19.8 Å². The fraction of sp³-hybridized carbons (Fsp3) is 0.833. The van der Waals surface area contributed by atoms with Gasteiger partial charge in [-0.2, -0.15) is 0 Å². The summed E-state index contributed by atoms with van der Waals surface area (Å²) in [6.45, 7) is 7.00. The van der Waals surface area contributed by atoms with E-state index in [-0.39, 0.29) is 87.4 Å². The van der Waals surface area contributed by atoms with Crippen molar-refractivity contribution in [1.82, 2.24) is 0 Å². The summed E-state index contributed by atoms with van der Waals surface area (Å²) in [4.78, 5) is 22.6. The quantitative estimate of drug-likeness (QED) is 0.442. The van der Waals surface area contributed by atoms with Crippen molar-refractivity contribution in [2.45, 2.75) is 53.4 Å². The molecule has 0 atom stereocenters. The molecule has 4 nitrogen and oxygen atoms in total. The molecule has 0 aromatic heterocycles. The van der Waals surface area contributed by atoms with Crippen molar-refractivity contribution in [3.8, 4) is 0 Å². The van der Waals surface area contributed by atoms with E-state index in [0.717, 1.165) is 12.8 Å². The van der Waals surface area contributed by atoms with Gasteiger partial charge in [-0.05, 0) is 11.8 Å². The molecule has 18 heavy (non-hydrogen) atoms. The van der Waals surface area contributed by atoms with Gasteiger partial charge in [-0.25, -0.2) is 0 Å². The van der Waals surface area contributed by atoms with Gasteiger partial charge in [-0.15, -0.1) is 0 Å². The Morgan fingerprint density at radius 2 is 1.39 bits per heavy atom. The summed E-state index contributed by atoms with van der Waals surface area (Å²) in [5.74, 6) is -2.47. The molecule has 0 unspecified atom stereocenters. The first-order valence-corrected chi connectivity index (χ1v) is 5.67. The first-order chi connectivity index (χ1) is 7.20. The van der Waals surface area contributed by atoms with Crippen LogP contribution in [0.5, 0.6) is 0 Å². The molecular formula is C12H24KNaO4. The number of hydrogen-bond donors (Lipinski definition) is 2. The third-order valence-electron chi connectivity index (χ3n) is 3.17. The Balaban J connectivity index is -0.00000112. The van der Waals surface area contributed by atoms with Crippen molar-refractivity contribution in [2.75, 3.05) is 0 Å². The molecule has 0 amide bonds. The fourth-order valence-electron chi connectivity index (χ4n) is 1.96. The first-order valence-electron chi connectivity index (χ1n) is 5.67. The van der Waals surface area contributed by atoms with E-state index in [1.54, 1.807) is 20.8 Å². The third-order valence-corrected chi connectivity index (χ3v) is 3.17. The van der Waals surface area contributed by atoms with Gasteiger partial charge in [0, 0.05) is 0 Å². The summed E-state index contributed by atoms with van der Waals surface area (Å²) in [5.41, 5.74) is -2.47. The van der Waals surface area contributed by atoms with E-state index >= 15 is 0 Å². The van der Waals surface area contributed by atoms with Crippen molar-refractivity contribution < 1.29 is 19.8 Å². The number of aliphatic carboxylic acids is 2. The second kappa shape index (κ2) is 10.3. The molecule has 0 spiro atoms. The Morgan fingerprint density at radius 1 is 1.00 bits per heavy atom. The van der Waals surface area contributed by atoms with Gasteiger partial charge < -0.3 is 10.2 Å². The van der Waals surface area contributed by atoms with E-state index in [4.69, 9.17) is 0 Å². The normalized spacial score (nSPS) is 11.1. The number of hydrogen-bond acceptors (Lipinski definition) is 2. The fourth-order valence-corrected chi connectivity index (χ4v) is 1.96. The topological polar surface area (TPSA) is 74.6 Å². The van der Waals surface area contributed by atoms with Crippen molar-refractivity contribution in [3.05, 3.63) is 0 Å². The van der Waals surface area contributed by atoms with Crippen LogP contribution in [0.1, 0.15) is 53.4 Å². The second-order valence-electron chi connectivity index (χ2n) is 5.22. The van der Waals surface area contributed by atoms with Gasteiger partial charge in [-0.3, -0.25) is 9.59 Å². The monoisotopic (exact) mass is 294 g/mol. The van der Waals surface area contributed by atoms with Gasteiger partial charge in [0.25, 0.3) is 0 Å². The third kappa shape index (κ3) is 5.91. The number of rotatable bonds is 6. The van der Waals surface area contributed by atoms with E-state index in [1.807, 2.05) is 6.92 Å². The van der Waals surface area contributed by atoms with Crippen molar-refractivity contribution >= 4 is 92.9 Å². The van der Waals surface area contributed by atoms with Gasteiger partial charge in [0.05, 0.1) is 0 Å². The van der Waals surface area contributed by atoms with Crippen molar-refractivity contribution in [2.24, 2.45) is 10.8 Å². The minimum absolute atomic E-state index is 0. The second-order valence-corrected chi connectivity index (χ2v) is 5.22. The van der Waals surface area contributed by atoms with Crippen LogP contribution in [-0.2, 0) is 9.59 Å². The van der Waals surface area contributed by atoms with Gasteiger partial charge in [-0.1, -0.05) is 47.0 Å². The van der Waals surface area contributed by atoms with Crippen LogP contribution in [0.15, 0.2) is 0 Å². The van der Waals surface area contributed by atoms with E-state index in [0.29, 0.717) is 6.42 Å². The van der Waals surface area contributed by atoms with Crippen LogP contribution in [0.25, 0.3) is 0 Å². The van der Waals surface area contributed by atoms with Crippen LogP contribution in [0.3, 0.4) is 0 Å². The molecule has 0 aliphatic rings. The zero-order valence-corrected chi connectivity index (χ0v) is 10.5. The average Bonchev–Trinajstić information content (AvgIpc) is 2.08. The van der Waals surface area contributed by atoms with Crippen LogP contribution in [-0.4, -0.2) is 103 Å². The van der Waals surface area contributed by atoms with Crippen LogP contribution in [0.4, 0.5) is 0 Å². The van der Waals surface area contributed by atoms with E-state index in [1.165, 1.54) is 0 Å². The van der Waals surface area contributed by atoms with Crippen LogP contribution >= 0.6 is 0 Å². The maximum absolute atomic E-state index is 11.3. The molecule has 98 valence electrons. The molecule has 0 bridgehead atoms. The summed E-state index contributed by atoms with van der Waals surface area (Å²) < 4.78 is 0. The van der Waals surface area contributed by atoms with Crippen molar-refractivity contribution in [3.63, 3.8) is 0 Å². The Labute approximate surface area is 174 Å². The van der Waals surface area contributed by atoms with Gasteiger partial charge in [0.15, 0.2) is 5.41 Å². The molecule has 0 aromatic carbocycles. The number of carboxylic acid groups (broad SMARTS) is 2. The molecular weight excluding hydrogens is 270 g/mol.